The lowest BCUT2D eigenvalue weighted by Crippen LogP contribution is -2.10. The van der Waals surface area contributed by atoms with Gasteiger partial charge in [-0.2, -0.15) is 0 Å². The third kappa shape index (κ3) is 4.18. The Kier molecular flexibility index (Phi) is 3.20. The third-order valence-electron chi connectivity index (χ3n) is 1.32. The predicted molar refractivity (Wildman–Crippen MR) is 57.4 cm³/mol. The second kappa shape index (κ2) is 4.01. The molecule has 0 aromatic heterocycles. The fraction of sp³-hybridized carbons (Fsp3) is 0.400. The lowest BCUT2D eigenvalue weighted by atomic mass is 10.3. The van der Waals surface area contributed by atoms with Crippen LogP contribution in [0, 0.1) is 5.82 Å². The van der Waals surface area contributed by atoms with E-state index in [0.29, 0.717) is 0 Å². The van der Waals surface area contributed by atoms with Crippen LogP contribution in [-0.2, 0) is 0 Å². The fourth-order valence-corrected chi connectivity index (χ4v) is 1.29. The van der Waals surface area contributed by atoms with Crippen molar-refractivity contribution in [2.45, 2.75) is 25.5 Å². The largest absolute Gasteiger partial charge is 0.329 e. The monoisotopic (exact) mass is 199 g/mol. The first-order chi connectivity index (χ1) is 5.97. The zero-order valence-electron chi connectivity index (χ0n) is 8.10. The average Bonchev–Trinajstić information content (AvgIpc) is 2.02. The summed E-state index contributed by atoms with van der Waals surface area (Å²) in [4.78, 5) is 0. The average molecular weight is 199 g/mol. The van der Waals surface area contributed by atoms with E-state index in [0.717, 1.165) is 5.69 Å². The maximum Gasteiger partial charge on any atom is 0.123 e. The molecule has 0 aliphatic rings. The molecule has 0 saturated heterocycles. The summed E-state index contributed by atoms with van der Waals surface area (Å²) in [5.41, 5.74) is 0.932. The van der Waals surface area contributed by atoms with Gasteiger partial charge in [0.05, 0.1) is 0 Å². The van der Waals surface area contributed by atoms with E-state index in [9.17, 15) is 4.39 Å². The van der Waals surface area contributed by atoms with Crippen molar-refractivity contribution in [2.75, 3.05) is 4.72 Å². The van der Waals surface area contributed by atoms with Crippen molar-refractivity contribution in [1.82, 2.24) is 0 Å². The van der Waals surface area contributed by atoms with Gasteiger partial charge in [0.25, 0.3) is 0 Å². The smallest absolute Gasteiger partial charge is 0.123 e. The van der Waals surface area contributed by atoms with Crippen LogP contribution in [0.4, 0.5) is 10.1 Å². The van der Waals surface area contributed by atoms with Gasteiger partial charge >= 0.3 is 0 Å². The van der Waals surface area contributed by atoms with Gasteiger partial charge in [-0.25, -0.2) is 4.39 Å². The van der Waals surface area contributed by atoms with Crippen molar-refractivity contribution >= 4 is 17.6 Å². The molecule has 0 heterocycles. The summed E-state index contributed by atoms with van der Waals surface area (Å²) in [5.74, 6) is -0.202. The van der Waals surface area contributed by atoms with Crippen molar-refractivity contribution < 1.29 is 4.39 Å². The van der Waals surface area contributed by atoms with Gasteiger partial charge in [0, 0.05) is 10.4 Å². The summed E-state index contributed by atoms with van der Waals surface area (Å²) < 4.78 is 15.8. The molecule has 0 fully saturated rings. The van der Waals surface area contributed by atoms with Crippen molar-refractivity contribution in [3.8, 4) is 0 Å². The van der Waals surface area contributed by atoms with E-state index in [4.69, 9.17) is 0 Å². The lowest BCUT2D eigenvalue weighted by molar-refractivity contribution is 0.628. The minimum atomic E-state index is -0.202. The molecule has 0 aliphatic heterocycles. The van der Waals surface area contributed by atoms with Crippen LogP contribution >= 0.6 is 11.9 Å². The van der Waals surface area contributed by atoms with Crippen LogP contribution in [-0.4, -0.2) is 4.75 Å². The van der Waals surface area contributed by atoms with Crippen LogP contribution in [0.25, 0.3) is 0 Å². The Bertz CT molecular complexity index is 263. The second-order valence-electron chi connectivity index (χ2n) is 3.82. The zero-order chi connectivity index (χ0) is 9.90. The Labute approximate surface area is 82.9 Å². The number of rotatable bonds is 2. The van der Waals surface area contributed by atoms with E-state index >= 15 is 0 Å². The van der Waals surface area contributed by atoms with Crippen LogP contribution in [0.5, 0.6) is 0 Å². The van der Waals surface area contributed by atoms with Gasteiger partial charge in [0.1, 0.15) is 5.82 Å². The number of nitrogens with one attached hydrogen (secondary N) is 1. The fourth-order valence-electron chi connectivity index (χ4n) is 0.730. The van der Waals surface area contributed by atoms with E-state index in [1.807, 2.05) is 0 Å². The van der Waals surface area contributed by atoms with Gasteiger partial charge < -0.3 is 4.72 Å². The van der Waals surface area contributed by atoms with Gasteiger partial charge in [-0.3, -0.25) is 0 Å². The summed E-state index contributed by atoms with van der Waals surface area (Å²) in [7, 11) is 0. The third-order valence-corrected chi connectivity index (χ3v) is 2.27. The van der Waals surface area contributed by atoms with Crippen LogP contribution in [0.15, 0.2) is 24.3 Å². The molecule has 0 atom stereocenters. The molecule has 0 aliphatic carbocycles. The Morgan fingerprint density at radius 1 is 1.15 bits per heavy atom. The van der Waals surface area contributed by atoms with Gasteiger partial charge in [-0.05, 0) is 57.0 Å². The van der Waals surface area contributed by atoms with Gasteiger partial charge in [0.2, 0.25) is 0 Å². The summed E-state index contributed by atoms with van der Waals surface area (Å²) >= 11 is 1.62. The minimum absolute atomic E-state index is 0.161. The molecule has 72 valence electrons. The number of hydrogen-bond donors (Lipinski definition) is 1. The highest BCUT2D eigenvalue weighted by Crippen LogP contribution is 2.24. The summed E-state index contributed by atoms with van der Waals surface area (Å²) in [6.07, 6.45) is 0. The molecular formula is C10H14FNS. The number of benzene rings is 1. The quantitative estimate of drug-likeness (QED) is 0.729. The molecule has 0 amide bonds. The topological polar surface area (TPSA) is 12.0 Å². The molecule has 3 heteroatoms. The van der Waals surface area contributed by atoms with Crippen molar-refractivity contribution in [1.29, 1.82) is 0 Å². The van der Waals surface area contributed by atoms with Crippen LogP contribution in [0.3, 0.4) is 0 Å². The molecule has 0 bridgehead atoms. The molecular weight excluding hydrogens is 185 g/mol. The first kappa shape index (κ1) is 10.4. The SMILES string of the molecule is CC(C)(C)SNc1ccc(F)cc1. The molecule has 1 aromatic carbocycles. The molecule has 1 N–H and O–H groups in total. The van der Waals surface area contributed by atoms with Crippen LogP contribution in [0.2, 0.25) is 0 Å². The van der Waals surface area contributed by atoms with Crippen LogP contribution < -0.4 is 4.72 Å². The Hall–Kier alpha value is -0.700. The Morgan fingerprint density at radius 3 is 2.15 bits per heavy atom. The molecule has 1 aromatic rings. The van der Waals surface area contributed by atoms with E-state index in [1.54, 1.807) is 24.1 Å². The molecule has 0 saturated carbocycles. The van der Waals surface area contributed by atoms with Crippen molar-refractivity contribution in [3.05, 3.63) is 30.1 Å². The van der Waals surface area contributed by atoms with E-state index in [-0.39, 0.29) is 10.6 Å². The zero-order valence-corrected chi connectivity index (χ0v) is 8.91. The van der Waals surface area contributed by atoms with E-state index in [1.165, 1.54) is 12.1 Å². The van der Waals surface area contributed by atoms with E-state index < -0.39 is 0 Å². The highest BCUT2D eigenvalue weighted by atomic mass is 32.2. The minimum Gasteiger partial charge on any atom is -0.329 e. The lowest BCUT2D eigenvalue weighted by Gasteiger charge is -2.18. The van der Waals surface area contributed by atoms with Gasteiger partial charge in [-0.1, -0.05) is 0 Å². The summed E-state index contributed by atoms with van der Waals surface area (Å²) in [6, 6.07) is 6.36. The van der Waals surface area contributed by atoms with Crippen LogP contribution in [0.1, 0.15) is 20.8 Å². The first-order valence-electron chi connectivity index (χ1n) is 4.17. The van der Waals surface area contributed by atoms with Gasteiger partial charge in [-0.15, -0.1) is 0 Å². The highest BCUT2D eigenvalue weighted by Gasteiger charge is 2.10. The maximum atomic E-state index is 12.5. The molecule has 1 rings (SSSR count). The van der Waals surface area contributed by atoms with E-state index in [2.05, 4.69) is 25.5 Å². The molecule has 0 unspecified atom stereocenters. The van der Waals surface area contributed by atoms with Crippen molar-refractivity contribution in [3.63, 3.8) is 0 Å². The molecule has 0 spiro atoms. The maximum absolute atomic E-state index is 12.5. The van der Waals surface area contributed by atoms with Gasteiger partial charge in [0.15, 0.2) is 0 Å². The summed E-state index contributed by atoms with van der Waals surface area (Å²) in [6.45, 7) is 6.36. The number of halogens is 1. The highest BCUT2D eigenvalue weighted by molar-refractivity contribution is 8.01. The normalized spacial score (nSPS) is 11.4. The molecule has 0 radical (unpaired) electrons. The second-order valence-corrected chi connectivity index (χ2v) is 5.46. The number of hydrogen-bond acceptors (Lipinski definition) is 2. The predicted octanol–water partition coefficient (Wildman–Crippen LogP) is 3.68. The molecule has 13 heavy (non-hydrogen) atoms. The number of anilines is 1. The molecule has 1 nitrogen and oxygen atoms in total. The Balaban J connectivity index is 2.51. The Morgan fingerprint density at radius 2 is 1.69 bits per heavy atom. The standard InChI is InChI=1S/C10H14FNS/c1-10(2,3)13-12-9-6-4-8(11)5-7-9/h4-7,12H,1-3H3. The first-order valence-corrected chi connectivity index (χ1v) is 4.99. The summed E-state index contributed by atoms with van der Waals surface area (Å²) in [5, 5.41) is 0. The van der Waals surface area contributed by atoms with Crippen molar-refractivity contribution in [2.24, 2.45) is 0 Å².